The Bertz CT molecular complexity index is 1100. The lowest BCUT2D eigenvalue weighted by atomic mass is 9.47. The molecule has 2 heteroatoms. The van der Waals surface area contributed by atoms with Crippen molar-refractivity contribution in [1.29, 1.82) is 0 Å². The van der Waals surface area contributed by atoms with Crippen LogP contribution in [0.4, 0.5) is 0 Å². The van der Waals surface area contributed by atoms with Gasteiger partial charge in [-0.1, -0.05) is 114 Å². The number of allylic oxidation sites excluding steroid dienone is 3. The van der Waals surface area contributed by atoms with E-state index in [4.69, 9.17) is 4.74 Å². The summed E-state index contributed by atoms with van der Waals surface area (Å²) in [5, 5.41) is 0. The normalized spacial score (nSPS) is 36.2. The third-order valence-electron chi connectivity index (χ3n) is 12.0. The molecule has 0 heterocycles. The molecule has 0 radical (unpaired) electrons. The Kier molecular flexibility index (Phi) is 9.13. The summed E-state index contributed by atoms with van der Waals surface area (Å²) in [5.41, 5.74) is 3.55. The van der Waals surface area contributed by atoms with Gasteiger partial charge in [0.25, 0.3) is 0 Å². The fraction of sp³-hybridized carbons (Fsp3) is 0.658. The SMILES string of the molecule is CC(C)CCC[C@@H](C)[C@H]1CCC2C3CC=C4C[C@@H](OC(=O)C=CC=Cc5ccccc5)CC[C@]4(C)C3CC[C@@]21C. The standard InChI is InChI=1S/C38H54O2/c1-27(2)12-11-13-28(3)33-20-21-34-32-19-18-30-26-31(22-24-37(30,4)35(32)23-25-38(33,34)5)40-36(39)17-10-9-16-29-14-7-6-8-15-29/h6-10,14-18,27-28,31-35H,11-13,19-26H2,1-5H3/t28-,31+,32?,33-,34?,35?,37+,38-/m1/s1. The molecule has 3 unspecified atom stereocenters. The second-order valence-corrected chi connectivity index (χ2v) is 14.7. The highest BCUT2D eigenvalue weighted by Crippen LogP contribution is 2.67. The van der Waals surface area contributed by atoms with E-state index in [0.717, 1.165) is 60.3 Å². The van der Waals surface area contributed by atoms with Crippen molar-refractivity contribution in [2.45, 2.75) is 111 Å². The Hall–Kier alpha value is -2.09. The number of fused-ring (bicyclic) bond motifs is 5. The van der Waals surface area contributed by atoms with Crippen LogP contribution in [0.2, 0.25) is 0 Å². The Labute approximate surface area is 244 Å². The lowest BCUT2D eigenvalue weighted by molar-refractivity contribution is -0.145. The smallest absolute Gasteiger partial charge is 0.331 e. The van der Waals surface area contributed by atoms with Crippen LogP contribution in [0.25, 0.3) is 6.08 Å². The Morgan fingerprint density at radius 2 is 1.77 bits per heavy atom. The maximum Gasteiger partial charge on any atom is 0.331 e. The number of hydrogen-bond donors (Lipinski definition) is 0. The first-order valence-electron chi connectivity index (χ1n) is 16.5. The molecule has 0 bridgehead atoms. The summed E-state index contributed by atoms with van der Waals surface area (Å²) in [6, 6.07) is 10.1. The minimum absolute atomic E-state index is 0.0162. The molecule has 5 rings (SSSR count). The summed E-state index contributed by atoms with van der Waals surface area (Å²) in [6.07, 6.45) is 24.1. The molecular weight excluding hydrogens is 488 g/mol. The first kappa shape index (κ1) is 29.4. The lowest BCUT2D eigenvalue weighted by Crippen LogP contribution is -2.51. The predicted octanol–water partition coefficient (Wildman–Crippen LogP) is 10.2. The van der Waals surface area contributed by atoms with E-state index in [-0.39, 0.29) is 12.1 Å². The number of ether oxygens (including phenoxy) is 1. The van der Waals surface area contributed by atoms with Gasteiger partial charge in [-0.05, 0) is 96.8 Å². The van der Waals surface area contributed by atoms with E-state index >= 15 is 0 Å². The molecule has 8 atom stereocenters. The van der Waals surface area contributed by atoms with Gasteiger partial charge >= 0.3 is 5.97 Å². The minimum atomic E-state index is -0.214. The largest absolute Gasteiger partial charge is 0.459 e. The molecule has 0 saturated heterocycles. The molecule has 0 spiro atoms. The highest BCUT2D eigenvalue weighted by Gasteiger charge is 2.59. The zero-order chi connectivity index (χ0) is 28.3. The van der Waals surface area contributed by atoms with Crippen molar-refractivity contribution in [1.82, 2.24) is 0 Å². The summed E-state index contributed by atoms with van der Waals surface area (Å²) >= 11 is 0. The summed E-state index contributed by atoms with van der Waals surface area (Å²) in [7, 11) is 0. The molecule has 0 aromatic heterocycles. The van der Waals surface area contributed by atoms with E-state index in [2.05, 4.69) is 52.8 Å². The number of rotatable bonds is 9. The van der Waals surface area contributed by atoms with E-state index < -0.39 is 0 Å². The Morgan fingerprint density at radius 1 is 0.975 bits per heavy atom. The van der Waals surface area contributed by atoms with E-state index in [9.17, 15) is 4.79 Å². The van der Waals surface area contributed by atoms with E-state index in [0.29, 0.717) is 10.8 Å². The average molecular weight is 543 g/mol. The molecule has 3 fully saturated rings. The van der Waals surface area contributed by atoms with Crippen LogP contribution in [-0.4, -0.2) is 12.1 Å². The van der Waals surface area contributed by atoms with Crippen molar-refractivity contribution < 1.29 is 9.53 Å². The van der Waals surface area contributed by atoms with Gasteiger partial charge in [0.05, 0.1) is 0 Å². The summed E-state index contributed by atoms with van der Waals surface area (Å²) in [5.74, 6) is 4.93. The topological polar surface area (TPSA) is 26.3 Å². The fourth-order valence-electron chi connectivity index (χ4n) is 9.82. The monoisotopic (exact) mass is 542 g/mol. The molecule has 4 aliphatic rings. The van der Waals surface area contributed by atoms with Crippen molar-refractivity contribution >= 4 is 12.0 Å². The van der Waals surface area contributed by atoms with Crippen LogP contribution in [0, 0.1) is 46.3 Å². The highest BCUT2D eigenvalue weighted by atomic mass is 16.5. The second kappa shape index (κ2) is 12.4. The van der Waals surface area contributed by atoms with Crippen molar-refractivity contribution in [2.24, 2.45) is 46.3 Å². The average Bonchev–Trinajstić information content (AvgIpc) is 3.29. The van der Waals surface area contributed by atoms with Crippen molar-refractivity contribution in [3.63, 3.8) is 0 Å². The van der Waals surface area contributed by atoms with Gasteiger partial charge in [0, 0.05) is 12.5 Å². The van der Waals surface area contributed by atoms with Gasteiger partial charge in [0.15, 0.2) is 0 Å². The Balaban J connectivity index is 1.18. The van der Waals surface area contributed by atoms with Crippen LogP contribution in [0.1, 0.15) is 111 Å². The molecule has 0 amide bonds. The molecule has 0 N–H and O–H groups in total. The molecule has 218 valence electrons. The number of benzene rings is 1. The lowest BCUT2D eigenvalue weighted by Gasteiger charge is -2.58. The van der Waals surface area contributed by atoms with Crippen LogP contribution >= 0.6 is 0 Å². The van der Waals surface area contributed by atoms with Crippen molar-refractivity contribution in [3.05, 3.63) is 65.8 Å². The summed E-state index contributed by atoms with van der Waals surface area (Å²) < 4.78 is 5.95. The van der Waals surface area contributed by atoms with Crippen molar-refractivity contribution in [3.8, 4) is 0 Å². The van der Waals surface area contributed by atoms with Gasteiger partial charge in [-0.2, -0.15) is 0 Å². The molecule has 1 aromatic carbocycles. The van der Waals surface area contributed by atoms with E-state index in [1.807, 2.05) is 30.4 Å². The predicted molar refractivity (Wildman–Crippen MR) is 168 cm³/mol. The van der Waals surface area contributed by atoms with Gasteiger partial charge < -0.3 is 4.74 Å². The number of esters is 1. The Morgan fingerprint density at radius 3 is 2.55 bits per heavy atom. The zero-order valence-corrected chi connectivity index (χ0v) is 25.9. The van der Waals surface area contributed by atoms with Crippen molar-refractivity contribution in [2.75, 3.05) is 0 Å². The van der Waals surface area contributed by atoms with Crippen LogP contribution in [0.15, 0.2) is 60.2 Å². The van der Waals surface area contributed by atoms with Crippen LogP contribution in [-0.2, 0) is 9.53 Å². The second-order valence-electron chi connectivity index (χ2n) is 14.7. The summed E-state index contributed by atoms with van der Waals surface area (Å²) in [6.45, 7) is 12.5. The van der Waals surface area contributed by atoms with Crippen LogP contribution < -0.4 is 0 Å². The minimum Gasteiger partial charge on any atom is -0.459 e. The maximum atomic E-state index is 12.6. The molecule has 1 aromatic rings. The van der Waals surface area contributed by atoms with E-state index in [1.165, 1.54) is 51.4 Å². The third-order valence-corrected chi connectivity index (χ3v) is 12.0. The van der Waals surface area contributed by atoms with Gasteiger partial charge in [-0.3, -0.25) is 0 Å². The van der Waals surface area contributed by atoms with Gasteiger partial charge in [-0.15, -0.1) is 0 Å². The van der Waals surface area contributed by atoms with Gasteiger partial charge in [0.2, 0.25) is 0 Å². The fourth-order valence-corrected chi connectivity index (χ4v) is 9.82. The maximum absolute atomic E-state index is 12.6. The molecule has 3 saturated carbocycles. The first-order chi connectivity index (χ1) is 19.2. The third kappa shape index (κ3) is 6.07. The highest BCUT2D eigenvalue weighted by molar-refractivity contribution is 5.82. The van der Waals surface area contributed by atoms with Gasteiger partial charge in [-0.25, -0.2) is 4.79 Å². The number of carbonyl (C=O) groups excluding carboxylic acids is 1. The van der Waals surface area contributed by atoms with Gasteiger partial charge in [0.1, 0.15) is 6.10 Å². The number of hydrogen-bond acceptors (Lipinski definition) is 2. The van der Waals surface area contributed by atoms with Crippen LogP contribution in [0.5, 0.6) is 0 Å². The molecule has 0 aliphatic heterocycles. The first-order valence-corrected chi connectivity index (χ1v) is 16.5. The van der Waals surface area contributed by atoms with Crippen LogP contribution in [0.3, 0.4) is 0 Å². The molecular formula is C38H54O2. The number of carbonyl (C=O) groups is 1. The molecule has 40 heavy (non-hydrogen) atoms. The molecule has 4 aliphatic carbocycles. The summed E-state index contributed by atoms with van der Waals surface area (Å²) in [4.78, 5) is 12.6. The zero-order valence-electron chi connectivity index (χ0n) is 25.9. The quantitative estimate of drug-likeness (QED) is 0.134. The molecule has 2 nitrogen and oxygen atoms in total. The van der Waals surface area contributed by atoms with E-state index in [1.54, 1.807) is 17.7 Å².